The molecule has 2 N–H and O–H groups in total. The summed E-state index contributed by atoms with van der Waals surface area (Å²) in [5.74, 6) is 0.00328. The van der Waals surface area contributed by atoms with Gasteiger partial charge >= 0.3 is 6.18 Å². The van der Waals surface area contributed by atoms with E-state index in [0.29, 0.717) is 17.2 Å². The largest absolute Gasteiger partial charge is 0.416 e. The predicted molar refractivity (Wildman–Crippen MR) is 161 cm³/mol. The van der Waals surface area contributed by atoms with E-state index in [4.69, 9.17) is 0 Å². The average Bonchev–Trinajstić information content (AvgIpc) is 3.44. The molecule has 43 heavy (non-hydrogen) atoms. The lowest BCUT2D eigenvalue weighted by molar-refractivity contribution is -0.137. The average molecular weight is 579 g/mol. The number of hydrogen-bond acceptors (Lipinski definition) is 5. The number of aromatic nitrogens is 4. The second kappa shape index (κ2) is 11.1. The maximum Gasteiger partial charge on any atom is 0.416 e. The number of carbonyl (C=O) groups excluding carboxylic acids is 1. The van der Waals surface area contributed by atoms with Gasteiger partial charge in [-0.1, -0.05) is 24.3 Å². The summed E-state index contributed by atoms with van der Waals surface area (Å²) in [4.78, 5) is 26.3. The van der Waals surface area contributed by atoms with Gasteiger partial charge in [-0.2, -0.15) is 13.2 Å². The number of rotatable bonds is 6. The molecule has 3 aromatic carbocycles. The van der Waals surface area contributed by atoms with Crippen molar-refractivity contribution in [3.05, 3.63) is 126 Å². The normalized spacial score (nSPS) is 11.5. The highest BCUT2D eigenvalue weighted by Gasteiger charge is 2.31. The first-order valence-electron chi connectivity index (χ1n) is 13.4. The number of fused-ring (bicyclic) bond motifs is 1. The lowest BCUT2D eigenvalue weighted by Crippen LogP contribution is -2.14. The molecule has 7 nitrogen and oxygen atoms in total. The Morgan fingerprint density at radius 1 is 0.860 bits per heavy atom. The van der Waals surface area contributed by atoms with Crippen LogP contribution >= 0.6 is 0 Å². The zero-order valence-electron chi connectivity index (χ0n) is 23.1. The first-order chi connectivity index (χ1) is 20.6. The molecule has 6 aromatic rings. The summed E-state index contributed by atoms with van der Waals surface area (Å²) in [7, 11) is 0. The molecule has 1 amide bonds. The maximum absolute atomic E-state index is 13.7. The van der Waals surface area contributed by atoms with Crippen molar-refractivity contribution in [1.29, 1.82) is 0 Å². The second-order valence-corrected chi connectivity index (χ2v) is 10.1. The number of imidazole rings is 1. The number of nitrogens with one attached hydrogen (secondary N) is 2. The van der Waals surface area contributed by atoms with Gasteiger partial charge in [0.2, 0.25) is 0 Å². The van der Waals surface area contributed by atoms with Crippen molar-refractivity contribution in [1.82, 2.24) is 19.5 Å². The molecular formula is C33H25F3N6O. The van der Waals surface area contributed by atoms with Gasteiger partial charge in [-0.25, -0.2) is 9.97 Å². The Balaban J connectivity index is 1.25. The Morgan fingerprint density at radius 2 is 1.70 bits per heavy atom. The van der Waals surface area contributed by atoms with Crippen molar-refractivity contribution in [2.45, 2.75) is 20.0 Å². The van der Waals surface area contributed by atoms with E-state index in [1.165, 1.54) is 17.0 Å². The van der Waals surface area contributed by atoms with Crippen LogP contribution in [0.15, 0.2) is 104 Å². The highest BCUT2D eigenvalue weighted by Crippen LogP contribution is 2.33. The van der Waals surface area contributed by atoms with Crippen LogP contribution in [-0.2, 0) is 6.18 Å². The molecule has 0 aliphatic rings. The molecule has 0 atom stereocenters. The summed E-state index contributed by atoms with van der Waals surface area (Å²) in [5, 5.41) is 6.91. The summed E-state index contributed by atoms with van der Waals surface area (Å²) in [6.07, 6.45) is 1.93. The minimum atomic E-state index is -4.60. The van der Waals surface area contributed by atoms with Crippen LogP contribution in [0.25, 0.3) is 27.7 Å². The van der Waals surface area contributed by atoms with Gasteiger partial charge in [-0.05, 0) is 79.6 Å². The number of alkyl halides is 3. The standard InChI is InChI=1S/C33H25F3N6O/c1-20-7-8-24(32(43)40-27-14-26(33(34,35)36)15-28(16-27)42-18-21(2)39-19-42)12-30(20)41-31-13-22(9-10-37-31)25-11-23-5-3-4-6-29(23)38-17-25/h3-19H,1-2H3,(H,37,41)(H,40,43). The number of amides is 1. The molecule has 3 heterocycles. The van der Waals surface area contributed by atoms with Crippen LogP contribution in [0.3, 0.4) is 0 Å². The van der Waals surface area contributed by atoms with Gasteiger partial charge in [-0.15, -0.1) is 0 Å². The molecule has 0 bridgehead atoms. The molecule has 6 rings (SSSR count). The van der Waals surface area contributed by atoms with E-state index in [2.05, 4.69) is 31.7 Å². The van der Waals surface area contributed by atoms with E-state index in [1.807, 2.05) is 49.5 Å². The molecule has 0 spiro atoms. The number of nitrogens with zero attached hydrogens (tertiary/aromatic N) is 4. The number of hydrogen-bond donors (Lipinski definition) is 2. The molecule has 0 fully saturated rings. The number of benzene rings is 3. The molecular weight excluding hydrogens is 553 g/mol. The lowest BCUT2D eigenvalue weighted by atomic mass is 10.1. The fourth-order valence-corrected chi connectivity index (χ4v) is 4.71. The van der Waals surface area contributed by atoms with Gasteiger partial charge in [-0.3, -0.25) is 9.78 Å². The van der Waals surface area contributed by atoms with E-state index in [9.17, 15) is 18.0 Å². The third kappa shape index (κ3) is 6.08. The van der Waals surface area contributed by atoms with E-state index < -0.39 is 17.6 Å². The predicted octanol–water partition coefficient (Wildman–Crippen LogP) is 8.11. The molecule has 0 saturated heterocycles. The van der Waals surface area contributed by atoms with Gasteiger partial charge in [0.15, 0.2) is 0 Å². The Bertz CT molecular complexity index is 1980. The molecule has 10 heteroatoms. The number of halogens is 3. The fourth-order valence-electron chi connectivity index (χ4n) is 4.71. The first-order valence-corrected chi connectivity index (χ1v) is 13.4. The Hall–Kier alpha value is -5.51. The van der Waals surface area contributed by atoms with Crippen LogP contribution in [-0.4, -0.2) is 25.4 Å². The van der Waals surface area contributed by atoms with Crippen LogP contribution in [0, 0.1) is 13.8 Å². The monoisotopic (exact) mass is 578 g/mol. The molecule has 214 valence electrons. The lowest BCUT2D eigenvalue weighted by Gasteiger charge is -2.15. The van der Waals surface area contributed by atoms with Gasteiger partial charge < -0.3 is 15.2 Å². The van der Waals surface area contributed by atoms with Crippen molar-refractivity contribution in [3.63, 3.8) is 0 Å². The van der Waals surface area contributed by atoms with E-state index in [0.717, 1.165) is 39.7 Å². The second-order valence-electron chi connectivity index (χ2n) is 10.1. The van der Waals surface area contributed by atoms with Crippen LogP contribution in [0.5, 0.6) is 0 Å². The number of anilines is 3. The third-order valence-electron chi connectivity index (χ3n) is 6.96. The number of aryl methyl sites for hydroxylation is 2. The summed E-state index contributed by atoms with van der Waals surface area (Å²) in [6.45, 7) is 3.62. The Morgan fingerprint density at radius 3 is 2.49 bits per heavy atom. The first kappa shape index (κ1) is 27.6. The molecule has 0 radical (unpaired) electrons. The Kier molecular flexibility index (Phi) is 7.11. The zero-order valence-corrected chi connectivity index (χ0v) is 23.1. The van der Waals surface area contributed by atoms with Gasteiger partial charge in [0, 0.05) is 52.2 Å². The van der Waals surface area contributed by atoms with Crippen LogP contribution in [0.2, 0.25) is 0 Å². The highest BCUT2D eigenvalue weighted by atomic mass is 19.4. The van der Waals surface area contributed by atoms with E-state index in [-0.39, 0.29) is 16.9 Å². The number of para-hydroxylation sites is 1. The van der Waals surface area contributed by atoms with Crippen molar-refractivity contribution in [3.8, 4) is 16.8 Å². The van der Waals surface area contributed by atoms with Gasteiger partial charge in [0.1, 0.15) is 5.82 Å². The highest BCUT2D eigenvalue weighted by molar-refractivity contribution is 6.05. The number of carbonyl (C=O) groups is 1. The zero-order chi connectivity index (χ0) is 30.1. The van der Waals surface area contributed by atoms with Crippen molar-refractivity contribution in [2.24, 2.45) is 0 Å². The van der Waals surface area contributed by atoms with Crippen molar-refractivity contribution >= 4 is 34.0 Å². The van der Waals surface area contributed by atoms with Gasteiger partial charge in [0.05, 0.1) is 23.1 Å². The third-order valence-corrected chi connectivity index (χ3v) is 6.96. The van der Waals surface area contributed by atoms with Crippen LogP contribution < -0.4 is 10.6 Å². The summed E-state index contributed by atoms with van der Waals surface area (Å²) in [6, 6.07) is 22.1. The quantitative estimate of drug-likeness (QED) is 0.209. The van der Waals surface area contributed by atoms with Crippen LogP contribution in [0.4, 0.5) is 30.4 Å². The minimum Gasteiger partial charge on any atom is -0.340 e. The number of pyridine rings is 2. The summed E-state index contributed by atoms with van der Waals surface area (Å²) in [5.41, 5.74) is 4.50. The summed E-state index contributed by atoms with van der Waals surface area (Å²) < 4.78 is 42.5. The molecule has 0 aliphatic heterocycles. The SMILES string of the molecule is Cc1cn(-c2cc(NC(=O)c3ccc(C)c(Nc4cc(-c5cnc6ccccc6c5)ccn4)c3)cc(C(F)(F)F)c2)cn1. The topological polar surface area (TPSA) is 84.7 Å². The minimum absolute atomic E-state index is 0.00891. The molecule has 0 saturated carbocycles. The van der Waals surface area contributed by atoms with Crippen LogP contribution in [0.1, 0.15) is 27.2 Å². The van der Waals surface area contributed by atoms with Crippen molar-refractivity contribution in [2.75, 3.05) is 10.6 Å². The maximum atomic E-state index is 13.7. The molecule has 3 aromatic heterocycles. The molecule has 0 unspecified atom stereocenters. The smallest absolute Gasteiger partial charge is 0.340 e. The van der Waals surface area contributed by atoms with E-state index >= 15 is 0 Å². The van der Waals surface area contributed by atoms with E-state index in [1.54, 1.807) is 37.5 Å². The Labute approximate surface area is 245 Å². The van der Waals surface area contributed by atoms with Crippen molar-refractivity contribution < 1.29 is 18.0 Å². The fraction of sp³-hybridized carbons (Fsp3) is 0.0909. The van der Waals surface area contributed by atoms with Gasteiger partial charge in [0.25, 0.3) is 5.91 Å². The molecule has 0 aliphatic carbocycles. The summed E-state index contributed by atoms with van der Waals surface area (Å²) >= 11 is 0.